The Hall–Kier alpha value is -3.52. The molecule has 1 N–H and O–H groups in total. The molecular weight excluding hydrogens is 370 g/mol. The van der Waals surface area contributed by atoms with Crippen molar-refractivity contribution >= 4 is 5.91 Å². The first kappa shape index (κ1) is 20.2. The zero-order chi connectivity index (χ0) is 20.6. The van der Waals surface area contributed by atoms with Crippen LogP contribution in [0.2, 0.25) is 0 Å². The number of carbonyl (C=O) groups excluding carboxylic acids is 1. The van der Waals surface area contributed by atoms with E-state index in [9.17, 15) is 13.6 Å². The second kappa shape index (κ2) is 9.61. The first-order valence-corrected chi connectivity index (χ1v) is 9.36. The molecule has 0 fully saturated rings. The minimum atomic E-state index is -0.304. The minimum absolute atomic E-state index is 0.0250. The van der Waals surface area contributed by atoms with Gasteiger partial charge in [-0.05, 0) is 72.5 Å². The Morgan fingerprint density at radius 2 is 1.38 bits per heavy atom. The molecule has 3 aromatic carbocycles. The molecule has 1 amide bonds. The van der Waals surface area contributed by atoms with E-state index < -0.39 is 0 Å². The van der Waals surface area contributed by atoms with E-state index in [1.807, 2.05) is 6.07 Å². The predicted octanol–water partition coefficient (Wildman–Crippen LogP) is 5.18. The summed E-state index contributed by atoms with van der Waals surface area (Å²) in [5.41, 5.74) is 2.88. The van der Waals surface area contributed by atoms with Crippen molar-refractivity contribution in [3.05, 3.63) is 107 Å². The molecule has 0 spiro atoms. The number of nitrogens with zero attached hydrogens (tertiary/aromatic N) is 1. The van der Waals surface area contributed by atoms with Gasteiger partial charge in [-0.2, -0.15) is 5.26 Å². The van der Waals surface area contributed by atoms with Crippen LogP contribution in [0, 0.1) is 23.0 Å². The van der Waals surface area contributed by atoms with E-state index in [2.05, 4.69) is 5.32 Å². The summed E-state index contributed by atoms with van der Waals surface area (Å²) in [6, 6.07) is 21.1. The number of rotatable bonds is 7. The van der Waals surface area contributed by atoms with E-state index in [-0.39, 0.29) is 23.5 Å². The zero-order valence-electron chi connectivity index (χ0n) is 15.7. The van der Waals surface area contributed by atoms with Crippen molar-refractivity contribution in [2.75, 3.05) is 6.54 Å². The molecule has 146 valence electrons. The van der Waals surface area contributed by atoms with Crippen LogP contribution < -0.4 is 5.32 Å². The SMILES string of the molecule is N#Cc1ccc(C(=O)NCCCC(c2ccc(F)cc2)c2ccc(F)cc2)cc1. The van der Waals surface area contributed by atoms with Gasteiger partial charge in [0.2, 0.25) is 0 Å². The Balaban J connectivity index is 1.62. The Morgan fingerprint density at radius 3 is 1.86 bits per heavy atom. The zero-order valence-corrected chi connectivity index (χ0v) is 15.7. The molecule has 5 heteroatoms. The second-order valence-corrected chi connectivity index (χ2v) is 6.74. The van der Waals surface area contributed by atoms with Crippen LogP contribution in [0.25, 0.3) is 0 Å². The van der Waals surface area contributed by atoms with Crippen molar-refractivity contribution in [3.63, 3.8) is 0 Å². The van der Waals surface area contributed by atoms with Crippen LogP contribution in [-0.4, -0.2) is 12.5 Å². The molecule has 29 heavy (non-hydrogen) atoms. The van der Waals surface area contributed by atoms with Gasteiger partial charge >= 0.3 is 0 Å². The third kappa shape index (κ3) is 5.49. The van der Waals surface area contributed by atoms with Crippen molar-refractivity contribution in [2.24, 2.45) is 0 Å². The van der Waals surface area contributed by atoms with E-state index in [0.29, 0.717) is 30.5 Å². The van der Waals surface area contributed by atoms with Crippen molar-refractivity contribution < 1.29 is 13.6 Å². The molecule has 3 aromatic rings. The highest BCUT2D eigenvalue weighted by Gasteiger charge is 2.15. The average Bonchev–Trinajstić information content (AvgIpc) is 2.75. The maximum Gasteiger partial charge on any atom is 0.251 e. The van der Waals surface area contributed by atoms with Crippen LogP contribution in [0.4, 0.5) is 8.78 Å². The van der Waals surface area contributed by atoms with E-state index in [1.165, 1.54) is 24.3 Å². The number of hydrogen-bond acceptors (Lipinski definition) is 2. The maximum atomic E-state index is 13.3. The summed E-state index contributed by atoms with van der Waals surface area (Å²) in [4.78, 5) is 12.2. The summed E-state index contributed by atoms with van der Waals surface area (Å²) in [7, 11) is 0. The molecule has 0 aromatic heterocycles. The fraction of sp³-hybridized carbons (Fsp3) is 0.167. The Kier molecular flexibility index (Phi) is 6.70. The number of nitrogens with one attached hydrogen (secondary N) is 1. The van der Waals surface area contributed by atoms with Gasteiger partial charge in [-0.25, -0.2) is 8.78 Å². The van der Waals surface area contributed by atoms with Gasteiger partial charge in [0, 0.05) is 18.0 Å². The number of nitriles is 1. The highest BCUT2D eigenvalue weighted by atomic mass is 19.1. The van der Waals surface area contributed by atoms with Crippen LogP contribution in [0.3, 0.4) is 0 Å². The molecular formula is C24H20F2N2O. The molecule has 0 bridgehead atoms. The lowest BCUT2D eigenvalue weighted by Gasteiger charge is -2.18. The summed E-state index contributed by atoms with van der Waals surface area (Å²) in [5, 5.41) is 11.7. The van der Waals surface area contributed by atoms with Gasteiger partial charge in [0.1, 0.15) is 11.6 Å². The van der Waals surface area contributed by atoms with Crippen LogP contribution in [0.15, 0.2) is 72.8 Å². The van der Waals surface area contributed by atoms with Gasteiger partial charge in [0.05, 0.1) is 11.6 Å². The summed E-state index contributed by atoms with van der Waals surface area (Å²) < 4.78 is 26.6. The third-order valence-corrected chi connectivity index (χ3v) is 4.78. The summed E-state index contributed by atoms with van der Waals surface area (Å²) in [6.45, 7) is 0.470. The first-order chi connectivity index (χ1) is 14.1. The van der Waals surface area contributed by atoms with Gasteiger partial charge in [0.15, 0.2) is 0 Å². The van der Waals surface area contributed by atoms with Gasteiger partial charge in [0.25, 0.3) is 5.91 Å². The van der Waals surface area contributed by atoms with Crippen LogP contribution in [-0.2, 0) is 0 Å². The van der Waals surface area contributed by atoms with E-state index in [4.69, 9.17) is 5.26 Å². The number of carbonyl (C=O) groups is 1. The lowest BCUT2D eigenvalue weighted by Crippen LogP contribution is -2.24. The highest BCUT2D eigenvalue weighted by molar-refractivity contribution is 5.94. The lowest BCUT2D eigenvalue weighted by atomic mass is 9.87. The van der Waals surface area contributed by atoms with E-state index >= 15 is 0 Å². The fourth-order valence-corrected chi connectivity index (χ4v) is 3.22. The van der Waals surface area contributed by atoms with Crippen LogP contribution in [0.5, 0.6) is 0 Å². The maximum absolute atomic E-state index is 13.3. The molecule has 0 aliphatic carbocycles. The smallest absolute Gasteiger partial charge is 0.251 e. The predicted molar refractivity (Wildman–Crippen MR) is 107 cm³/mol. The molecule has 0 aliphatic rings. The number of amides is 1. The summed E-state index contributed by atoms with van der Waals surface area (Å²) in [6.07, 6.45) is 1.41. The Labute approximate surface area is 168 Å². The number of hydrogen-bond donors (Lipinski definition) is 1. The number of benzene rings is 3. The van der Waals surface area contributed by atoms with Crippen molar-refractivity contribution in [1.82, 2.24) is 5.32 Å². The molecule has 0 atom stereocenters. The largest absolute Gasteiger partial charge is 0.352 e. The summed E-state index contributed by atoms with van der Waals surface area (Å²) in [5.74, 6) is -0.833. The minimum Gasteiger partial charge on any atom is -0.352 e. The molecule has 0 unspecified atom stereocenters. The second-order valence-electron chi connectivity index (χ2n) is 6.74. The van der Waals surface area contributed by atoms with Gasteiger partial charge in [-0.15, -0.1) is 0 Å². The van der Waals surface area contributed by atoms with Crippen LogP contribution in [0.1, 0.15) is 45.8 Å². The highest BCUT2D eigenvalue weighted by Crippen LogP contribution is 2.29. The standard InChI is InChI=1S/C24H20F2N2O/c25-21-11-7-18(8-12-21)23(19-9-13-22(26)14-10-19)2-1-15-28-24(29)20-5-3-17(16-27)4-6-20/h3-14,23H,1-2,15H2,(H,28,29). The normalized spacial score (nSPS) is 10.6. The molecule has 3 rings (SSSR count). The molecule has 0 radical (unpaired) electrons. The Bertz CT molecular complexity index is 946. The fourth-order valence-electron chi connectivity index (χ4n) is 3.22. The topological polar surface area (TPSA) is 52.9 Å². The van der Waals surface area contributed by atoms with E-state index in [1.54, 1.807) is 48.5 Å². The molecule has 3 nitrogen and oxygen atoms in total. The van der Waals surface area contributed by atoms with Crippen molar-refractivity contribution in [2.45, 2.75) is 18.8 Å². The van der Waals surface area contributed by atoms with Gasteiger partial charge in [-0.3, -0.25) is 4.79 Å². The van der Waals surface area contributed by atoms with Gasteiger partial charge < -0.3 is 5.32 Å². The monoisotopic (exact) mass is 390 g/mol. The summed E-state index contributed by atoms with van der Waals surface area (Å²) >= 11 is 0. The first-order valence-electron chi connectivity index (χ1n) is 9.36. The van der Waals surface area contributed by atoms with Gasteiger partial charge in [-0.1, -0.05) is 24.3 Å². The molecule has 0 aliphatic heterocycles. The molecule has 0 saturated carbocycles. The quantitative estimate of drug-likeness (QED) is 0.565. The number of halogens is 2. The molecule has 0 saturated heterocycles. The Morgan fingerprint density at radius 1 is 0.862 bits per heavy atom. The van der Waals surface area contributed by atoms with Crippen LogP contribution >= 0.6 is 0 Å². The van der Waals surface area contributed by atoms with Crippen molar-refractivity contribution in [1.29, 1.82) is 5.26 Å². The lowest BCUT2D eigenvalue weighted by molar-refractivity contribution is 0.0953. The average molecular weight is 390 g/mol. The molecule has 0 heterocycles. The van der Waals surface area contributed by atoms with Crippen molar-refractivity contribution in [3.8, 4) is 6.07 Å². The van der Waals surface area contributed by atoms with E-state index in [0.717, 1.165) is 11.1 Å². The third-order valence-electron chi connectivity index (χ3n) is 4.78.